The van der Waals surface area contributed by atoms with Crippen molar-refractivity contribution < 1.29 is 13.2 Å². The molecule has 0 bridgehead atoms. The van der Waals surface area contributed by atoms with E-state index in [0.29, 0.717) is 12.6 Å². The van der Waals surface area contributed by atoms with E-state index in [-0.39, 0.29) is 24.5 Å². The van der Waals surface area contributed by atoms with Crippen molar-refractivity contribution in [2.75, 3.05) is 27.2 Å². The predicted octanol–water partition coefficient (Wildman–Crippen LogP) is 2.18. The van der Waals surface area contributed by atoms with Crippen LogP contribution in [0.3, 0.4) is 0 Å². The summed E-state index contributed by atoms with van der Waals surface area (Å²) in [4.78, 5) is 1.83. The Kier molecular flexibility index (Phi) is 7.18. The van der Waals surface area contributed by atoms with E-state index in [9.17, 15) is 13.2 Å². The smallest absolute Gasteiger partial charge is 0.161 e. The maximum atomic E-state index is 13.3. The summed E-state index contributed by atoms with van der Waals surface area (Å²) in [5.74, 6) is -2.88. The van der Waals surface area contributed by atoms with Gasteiger partial charge in [-0.25, -0.2) is 13.2 Å². The van der Waals surface area contributed by atoms with Crippen molar-refractivity contribution in [3.63, 3.8) is 0 Å². The fraction of sp³-hybridized carbons (Fsp3) is 0.455. The van der Waals surface area contributed by atoms with Crippen LogP contribution >= 0.6 is 12.4 Å². The molecule has 0 aromatic heterocycles. The van der Waals surface area contributed by atoms with Crippen molar-refractivity contribution in [3.8, 4) is 0 Å². The summed E-state index contributed by atoms with van der Waals surface area (Å²) >= 11 is 0. The molecule has 0 fully saturated rings. The molecule has 0 radical (unpaired) electrons. The lowest BCUT2D eigenvalue weighted by Gasteiger charge is -2.16. The van der Waals surface area contributed by atoms with Gasteiger partial charge in [0.25, 0.3) is 0 Å². The zero-order chi connectivity index (χ0) is 12.1. The first kappa shape index (κ1) is 16.2. The molecule has 0 atom stereocenters. The van der Waals surface area contributed by atoms with E-state index in [1.54, 1.807) is 7.05 Å². The van der Waals surface area contributed by atoms with Gasteiger partial charge in [0, 0.05) is 31.3 Å². The van der Waals surface area contributed by atoms with Gasteiger partial charge in [-0.1, -0.05) is 0 Å². The van der Waals surface area contributed by atoms with Gasteiger partial charge in [-0.15, -0.1) is 12.4 Å². The van der Waals surface area contributed by atoms with E-state index in [1.807, 2.05) is 11.9 Å². The van der Waals surface area contributed by atoms with Crippen molar-refractivity contribution in [3.05, 3.63) is 35.1 Å². The first-order valence-corrected chi connectivity index (χ1v) is 5.01. The first-order valence-electron chi connectivity index (χ1n) is 5.01. The molecule has 98 valence electrons. The topological polar surface area (TPSA) is 15.3 Å². The highest BCUT2D eigenvalue weighted by molar-refractivity contribution is 5.85. The van der Waals surface area contributed by atoms with Crippen molar-refractivity contribution in [1.29, 1.82) is 0 Å². The highest BCUT2D eigenvalue weighted by atomic mass is 35.5. The monoisotopic (exact) mass is 268 g/mol. The molecular weight excluding hydrogens is 253 g/mol. The molecule has 0 spiro atoms. The third kappa shape index (κ3) is 4.93. The molecule has 0 amide bonds. The number of hydrogen-bond donors (Lipinski definition) is 1. The van der Waals surface area contributed by atoms with Crippen LogP contribution in [0, 0.1) is 17.5 Å². The fourth-order valence-corrected chi connectivity index (χ4v) is 1.36. The minimum atomic E-state index is -1.15. The quantitative estimate of drug-likeness (QED) is 0.824. The summed E-state index contributed by atoms with van der Waals surface area (Å²) in [5, 5.41) is 2.95. The molecule has 17 heavy (non-hydrogen) atoms. The maximum Gasteiger partial charge on any atom is 0.161 e. The van der Waals surface area contributed by atoms with Crippen molar-refractivity contribution >= 4 is 12.4 Å². The largest absolute Gasteiger partial charge is 0.318 e. The number of benzene rings is 1. The highest BCUT2D eigenvalue weighted by Gasteiger charge is 2.11. The lowest BCUT2D eigenvalue weighted by molar-refractivity contribution is 0.321. The number of likely N-dealkylation sites (N-methyl/N-ethyl adjacent to an activating group) is 2. The van der Waals surface area contributed by atoms with Gasteiger partial charge in [0.2, 0.25) is 0 Å². The number of hydrogen-bond acceptors (Lipinski definition) is 2. The summed E-state index contributed by atoms with van der Waals surface area (Å²) in [6.07, 6.45) is 0. The number of nitrogens with one attached hydrogen (secondary N) is 1. The van der Waals surface area contributed by atoms with Crippen LogP contribution < -0.4 is 5.32 Å². The lowest BCUT2D eigenvalue weighted by atomic mass is 10.2. The van der Waals surface area contributed by atoms with Crippen LogP contribution in [0.5, 0.6) is 0 Å². The van der Waals surface area contributed by atoms with E-state index in [1.165, 1.54) is 0 Å². The minimum absolute atomic E-state index is 0. The maximum absolute atomic E-state index is 13.3. The van der Waals surface area contributed by atoms with Crippen LogP contribution in [0.1, 0.15) is 5.56 Å². The molecule has 0 unspecified atom stereocenters. The molecule has 0 aliphatic rings. The molecule has 0 aliphatic carbocycles. The summed E-state index contributed by atoms with van der Waals surface area (Å²) < 4.78 is 38.8. The van der Waals surface area contributed by atoms with Crippen LogP contribution in [0.2, 0.25) is 0 Å². The minimum Gasteiger partial charge on any atom is -0.318 e. The molecule has 2 nitrogen and oxygen atoms in total. The van der Waals surface area contributed by atoms with E-state index in [4.69, 9.17) is 0 Å². The highest BCUT2D eigenvalue weighted by Crippen LogP contribution is 2.14. The number of nitrogens with zero attached hydrogens (tertiary/aromatic N) is 1. The number of halogens is 4. The van der Waals surface area contributed by atoms with Gasteiger partial charge in [0.1, 0.15) is 5.82 Å². The fourth-order valence-electron chi connectivity index (χ4n) is 1.36. The van der Waals surface area contributed by atoms with Gasteiger partial charge in [-0.05, 0) is 20.2 Å². The van der Waals surface area contributed by atoms with Crippen LogP contribution in [0.25, 0.3) is 0 Å². The summed E-state index contributed by atoms with van der Waals surface area (Å²) in [5.41, 5.74) is 0.164. The Hall–Kier alpha value is -0.780. The second-order valence-corrected chi connectivity index (χ2v) is 3.70. The van der Waals surface area contributed by atoms with Crippen molar-refractivity contribution in [1.82, 2.24) is 10.2 Å². The lowest BCUT2D eigenvalue weighted by Crippen LogP contribution is -2.27. The third-order valence-corrected chi connectivity index (χ3v) is 2.27. The second kappa shape index (κ2) is 7.53. The van der Waals surface area contributed by atoms with Crippen LogP contribution in [0.4, 0.5) is 13.2 Å². The summed E-state index contributed by atoms with van der Waals surface area (Å²) in [7, 11) is 3.60. The van der Waals surface area contributed by atoms with Crippen LogP contribution in [-0.2, 0) is 6.54 Å². The standard InChI is InChI=1S/C11H15F3N2.ClH/c1-15-3-4-16(2)7-8-5-10(13)11(14)6-9(8)12;/h5-6,15H,3-4,7H2,1-2H3;1H. The third-order valence-electron chi connectivity index (χ3n) is 2.27. The van der Waals surface area contributed by atoms with E-state index < -0.39 is 17.5 Å². The summed E-state index contributed by atoms with van der Waals surface area (Å²) in [6, 6.07) is 1.48. The predicted molar refractivity (Wildman–Crippen MR) is 63.8 cm³/mol. The van der Waals surface area contributed by atoms with Gasteiger partial charge >= 0.3 is 0 Å². The van der Waals surface area contributed by atoms with Crippen LogP contribution in [-0.4, -0.2) is 32.1 Å². The van der Waals surface area contributed by atoms with Gasteiger partial charge in [0.15, 0.2) is 11.6 Å². The normalized spacial score (nSPS) is 10.5. The average Bonchev–Trinajstić information content (AvgIpc) is 2.23. The molecule has 1 aromatic carbocycles. The van der Waals surface area contributed by atoms with Gasteiger partial charge < -0.3 is 10.2 Å². The van der Waals surface area contributed by atoms with Gasteiger partial charge in [-0.2, -0.15) is 0 Å². The van der Waals surface area contributed by atoms with Crippen molar-refractivity contribution in [2.24, 2.45) is 0 Å². The Morgan fingerprint density at radius 1 is 1.12 bits per heavy atom. The van der Waals surface area contributed by atoms with Gasteiger partial charge in [0.05, 0.1) is 0 Å². The Morgan fingerprint density at radius 2 is 1.71 bits per heavy atom. The number of rotatable bonds is 5. The zero-order valence-electron chi connectivity index (χ0n) is 9.77. The van der Waals surface area contributed by atoms with Crippen molar-refractivity contribution in [2.45, 2.75) is 6.54 Å². The van der Waals surface area contributed by atoms with E-state index in [0.717, 1.165) is 12.6 Å². The molecular formula is C11H16ClF3N2. The van der Waals surface area contributed by atoms with E-state index in [2.05, 4.69) is 5.32 Å². The Balaban J connectivity index is 0.00000256. The SMILES string of the molecule is CNCCN(C)Cc1cc(F)c(F)cc1F.Cl. The molecule has 1 aromatic rings. The Labute approximate surface area is 105 Å². The molecule has 0 aliphatic heterocycles. The summed E-state index contributed by atoms with van der Waals surface area (Å²) in [6.45, 7) is 1.71. The molecule has 0 saturated heterocycles. The first-order chi connectivity index (χ1) is 7.54. The molecule has 1 rings (SSSR count). The molecule has 0 heterocycles. The van der Waals surface area contributed by atoms with Gasteiger partial charge in [-0.3, -0.25) is 0 Å². The van der Waals surface area contributed by atoms with E-state index >= 15 is 0 Å². The van der Waals surface area contributed by atoms with Crippen LogP contribution in [0.15, 0.2) is 12.1 Å². The molecule has 6 heteroatoms. The zero-order valence-corrected chi connectivity index (χ0v) is 10.6. The Bertz CT molecular complexity index is 361. The average molecular weight is 269 g/mol. The molecule has 0 saturated carbocycles. The molecule has 1 N–H and O–H groups in total. The Morgan fingerprint density at radius 3 is 2.29 bits per heavy atom. The second-order valence-electron chi connectivity index (χ2n) is 3.70.